The molecule has 0 saturated carbocycles. The Balaban J connectivity index is 1.19. The Kier molecular flexibility index (Phi) is 40.0. The Bertz CT molecular complexity index is 5050. The molecule has 0 bridgehead atoms. The van der Waals surface area contributed by atoms with E-state index >= 15 is 24.0 Å². The summed E-state index contributed by atoms with van der Waals surface area (Å²) in [6.07, 6.45) is 4.87. The number of para-hydroxylation sites is 2. The maximum Gasteiger partial charge on any atom is 0.303 e. The molecule has 0 radical (unpaired) electrons. The quantitative estimate of drug-likeness (QED) is 0.0300. The Morgan fingerprint density at radius 3 is 1.66 bits per heavy atom. The maximum atomic E-state index is 15.8. The van der Waals surface area contributed by atoms with Gasteiger partial charge in [0.2, 0.25) is 100 Å². The van der Waals surface area contributed by atoms with Gasteiger partial charge in [0, 0.05) is 119 Å². The SMILES string of the molecule is CCCC[C@H]1C(=O)N(C)[C@@H](CCCC)C(=O)N[C@@H](CCC(=O)O)C(=O)N[C@H](C(=O)NCC(N)=O)CSCC(=O)N[C@@H](Cc2ccccc2)C(=O)N(C)[C@@H](C)C(=O)N[C@@H](CC(N)=O)C(=O)N2CCC[C@H]2C(=O)N[C@@H](Cc2cnc[nH]2)C(=O)N[C@@H](CC(C)C)C(=O)N(C)CC(=O)N[C@@H](Cc2c[nH]c3ccccc23)C(=O)N[C@@H](CCCN)C(=O)N[C@@H](Cc2c[nH]c3ccccc23)C(=O)N1C. The van der Waals surface area contributed by atoms with E-state index in [0.29, 0.717) is 69.9 Å². The molecule has 0 spiro atoms. The summed E-state index contributed by atoms with van der Waals surface area (Å²) in [6, 6.07) is 3.11. The number of H-pyrrole nitrogens is 3. The molecule has 0 aliphatic carbocycles. The van der Waals surface area contributed by atoms with Crippen LogP contribution in [0.5, 0.6) is 0 Å². The molecule has 2 saturated heterocycles. The molecular formula is C90H126N22O19S. The van der Waals surface area contributed by atoms with E-state index in [1.165, 1.54) is 52.5 Å². The molecule has 20 N–H and O–H groups in total. The predicted octanol–water partition coefficient (Wildman–Crippen LogP) is -0.790. The van der Waals surface area contributed by atoms with Crippen molar-refractivity contribution in [2.24, 2.45) is 23.1 Å². The number of benzene rings is 3. The van der Waals surface area contributed by atoms with Gasteiger partial charge in [-0.15, -0.1) is 11.8 Å². The number of primary amides is 2. The van der Waals surface area contributed by atoms with Crippen molar-refractivity contribution in [3.63, 3.8) is 0 Å². The Morgan fingerprint density at radius 2 is 1.06 bits per heavy atom. The first-order chi connectivity index (χ1) is 62.9. The van der Waals surface area contributed by atoms with Crippen molar-refractivity contribution in [3.8, 4) is 0 Å². The summed E-state index contributed by atoms with van der Waals surface area (Å²) in [5.74, 6) is -18.2. The average molecular weight is 1850 g/mol. The minimum absolute atomic E-state index is 0.00214. The number of imidazole rings is 1. The fourth-order valence-electron chi connectivity index (χ4n) is 15.9. The first kappa shape index (κ1) is 104. The number of fused-ring (bicyclic) bond motifs is 3. The van der Waals surface area contributed by atoms with E-state index in [-0.39, 0.29) is 89.6 Å². The molecule has 2 aliphatic heterocycles. The Hall–Kier alpha value is -13.3. The van der Waals surface area contributed by atoms with Crippen LogP contribution in [0.2, 0.25) is 0 Å². The first-order valence-corrected chi connectivity index (χ1v) is 45.6. The molecule has 716 valence electrons. The highest BCUT2D eigenvalue weighted by molar-refractivity contribution is 8.00. The number of carboxylic acids is 1. The van der Waals surface area contributed by atoms with Crippen LogP contribution in [0.4, 0.5) is 0 Å². The zero-order valence-electron chi connectivity index (χ0n) is 76.0. The molecule has 2 fully saturated rings. The largest absolute Gasteiger partial charge is 0.481 e. The van der Waals surface area contributed by atoms with Crippen LogP contribution in [-0.4, -0.2) is 300 Å². The number of amides is 17. The normalized spacial score (nSPS) is 23.5. The van der Waals surface area contributed by atoms with Crippen molar-refractivity contribution in [2.45, 2.75) is 229 Å². The third-order valence-electron chi connectivity index (χ3n) is 23.3. The van der Waals surface area contributed by atoms with Gasteiger partial charge in [-0.2, -0.15) is 0 Å². The smallest absolute Gasteiger partial charge is 0.303 e. The second-order valence-corrected chi connectivity index (χ2v) is 34.9. The highest BCUT2D eigenvalue weighted by atomic mass is 32.2. The van der Waals surface area contributed by atoms with Crippen molar-refractivity contribution >= 4 is 140 Å². The number of rotatable bonds is 27. The minimum Gasteiger partial charge on any atom is -0.481 e. The van der Waals surface area contributed by atoms with Crippen molar-refractivity contribution in [1.29, 1.82) is 0 Å². The van der Waals surface area contributed by atoms with Crippen molar-refractivity contribution in [1.82, 2.24) is 97.6 Å². The Labute approximate surface area is 769 Å². The number of hydrogen-bond donors (Lipinski definition) is 17. The topological polar surface area (TPSA) is 602 Å². The molecule has 2 aliphatic rings. The molecule has 13 atom stereocenters. The van der Waals surface area contributed by atoms with Gasteiger partial charge < -0.3 is 115 Å². The van der Waals surface area contributed by atoms with Gasteiger partial charge in [0.25, 0.3) is 0 Å². The standard InChI is InChI=1S/C90H126N22O19S/c1-10-12-30-70-84(125)102-62(33-34-77(117)118)81(122)107-69(79(120)97-46-74(93)114)48-132-49-76(116)100-66(38-53-23-15-14-16-24-53)87(128)109(7)52(5)78(119)104-68(42-73(92)113)89(130)112-36-22-32-71(112)85(126)103-64(41-56-45-94-50-98-56)83(124)105-65(37-51(3)4)86(127)108(6)47-75(115)99-63(39-54-43-95-59-27-19-17-25-57(54)59)82(123)101-61(29-21-35-91)80(121)106-67(40-55-44-96-60-28-20-18-26-58(55)60)88(129)111(9)72(31-13-11-2)90(131)110(70)8/h14-20,23-28,43-45,50-52,61-72,95-96H,10-13,21-22,29-42,46-49,91H2,1-9H3,(H2,92,113)(H2,93,114)(H,94,98)(H,97,120)(H,99,115)(H,100,116)(H,101,123)(H,102,125)(H,103,126)(H,104,119)(H,105,124)(H,106,121)(H,107,122)(H,117,118)/t52-,61-,62-,63-,64-,65-,66-,67-,68-,69-,70-,71-,72-/m0/s1. The van der Waals surface area contributed by atoms with E-state index < -0.39 is 229 Å². The molecule has 8 rings (SSSR count). The van der Waals surface area contributed by atoms with Crippen LogP contribution < -0.4 is 70.4 Å². The van der Waals surface area contributed by atoms with E-state index in [1.54, 1.807) is 105 Å². The van der Waals surface area contributed by atoms with Gasteiger partial charge in [-0.1, -0.05) is 120 Å². The summed E-state index contributed by atoms with van der Waals surface area (Å²) in [5, 5.41) is 38.0. The summed E-state index contributed by atoms with van der Waals surface area (Å²) in [5.41, 5.74) is 20.6. The fraction of sp³-hybridized carbons (Fsp3) is 0.522. The van der Waals surface area contributed by atoms with Crippen molar-refractivity contribution in [3.05, 3.63) is 126 Å². The third kappa shape index (κ3) is 30.1. The number of unbranched alkanes of at least 4 members (excludes halogenated alkanes) is 2. The van der Waals surface area contributed by atoms with Crippen LogP contribution >= 0.6 is 11.8 Å². The molecule has 41 nitrogen and oxygen atoms in total. The van der Waals surface area contributed by atoms with E-state index in [1.807, 2.05) is 13.8 Å². The van der Waals surface area contributed by atoms with Gasteiger partial charge in [-0.3, -0.25) is 86.3 Å². The molecule has 42 heteroatoms. The summed E-state index contributed by atoms with van der Waals surface area (Å²) in [7, 11) is 5.24. The Morgan fingerprint density at radius 1 is 0.530 bits per heavy atom. The molecule has 17 amide bonds. The molecular weight excluding hydrogens is 1730 g/mol. The molecule has 3 aromatic carbocycles. The van der Waals surface area contributed by atoms with Gasteiger partial charge in [-0.05, 0) is 99.6 Å². The number of nitrogens with one attached hydrogen (secondary N) is 13. The van der Waals surface area contributed by atoms with Crippen LogP contribution in [0.15, 0.2) is 104 Å². The molecule has 0 unspecified atom stereocenters. The van der Waals surface area contributed by atoms with Gasteiger partial charge in [0.1, 0.15) is 78.5 Å². The summed E-state index contributed by atoms with van der Waals surface area (Å²) >= 11 is 0.750. The number of aliphatic carboxylic acids is 1. The molecule has 3 aromatic heterocycles. The van der Waals surface area contributed by atoms with Crippen molar-refractivity contribution in [2.75, 3.05) is 65.9 Å². The van der Waals surface area contributed by atoms with E-state index in [9.17, 15) is 67.4 Å². The average Bonchev–Trinajstić information content (AvgIpc) is 1.70. The number of aromatic nitrogens is 4. The van der Waals surface area contributed by atoms with Gasteiger partial charge in [-0.25, -0.2) is 4.98 Å². The molecule has 5 heterocycles. The lowest BCUT2D eigenvalue weighted by atomic mass is 9.99. The number of likely N-dealkylation sites (N-methyl/N-ethyl adjacent to an activating group) is 4. The number of thioether (sulfide) groups is 1. The van der Waals surface area contributed by atoms with E-state index in [4.69, 9.17) is 17.2 Å². The van der Waals surface area contributed by atoms with Crippen LogP contribution in [-0.2, 0) is 112 Å². The zero-order chi connectivity index (χ0) is 96.6. The van der Waals surface area contributed by atoms with E-state index in [0.717, 1.165) is 31.4 Å². The third-order valence-corrected chi connectivity index (χ3v) is 24.4. The van der Waals surface area contributed by atoms with Crippen molar-refractivity contribution < 1.29 is 91.4 Å². The summed E-state index contributed by atoms with van der Waals surface area (Å²) in [4.78, 5) is 280. The maximum absolute atomic E-state index is 15.8. The van der Waals surface area contributed by atoms with Crippen LogP contribution in [0, 0.1) is 5.92 Å². The van der Waals surface area contributed by atoms with Crippen LogP contribution in [0.1, 0.15) is 147 Å². The molecule has 6 aromatic rings. The number of hydrogen-bond acceptors (Lipinski definition) is 21. The highest BCUT2D eigenvalue weighted by Crippen LogP contribution is 2.26. The predicted molar refractivity (Wildman–Crippen MR) is 489 cm³/mol. The molecule has 132 heavy (non-hydrogen) atoms. The van der Waals surface area contributed by atoms with Gasteiger partial charge in [0.05, 0.1) is 31.6 Å². The minimum atomic E-state index is -1.76. The lowest BCUT2D eigenvalue weighted by Gasteiger charge is -2.36. The second-order valence-electron chi connectivity index (χ2n) is 33.9. The number of carbonyl (C=O) groups excluding carboxylic acids is 17. The van der Waals surface area contributed by atoms with Crippen LogP contribution in [0.3, 0.4) is 0 Å². The van der Waals surface area contributed by atoms with Gasteiger partial charge in [0.15, 0.2) is 0 Å². The van der Waals surface area contributed by atoms with Gasteiger partial charge >= 0.3 is 5.97 Å². The number of carbonyl (C=O) groups is 18. The monoisotopic (exact) mass is 1850 g/mol. The number of nitrogens with two attached hydrogens (primary N) is 3. The number of nitrogens with zero attached hydrogens (tertiary/aromatic N) is 6. The van der Waals surface area contributed by atoms with E-state index in [2.05, 4.69) is 73.1 Å². The number of carboxylic acid groups (broad SMARTS) is 1. The lowest BCUT2D eigenvalue weighted by molar-refractivity contribution is -0.149. The summed E-state index contributed by atoms with van der Waals surface area (Å²) < 4.78 is 0. The lowest BCUT2D eigenvalue weighted by Crippen LogP contribution is -2.61. The number of aromatic amines is 3. The zero-order valence-corrected chi connectivity index (χ0v) is 76.8. The first-order valence-electron chi connectivity index (χ1n) is 44.4. The fourth-order valence-corrected chi connectivity index (χ4v) is 16.8. The van der Waals surface area contributed by atoms with Crippen LogP contribution in [0.25, 0.3) is 21.8 Å². The highest BCUT2D eigenvalue weighted by Gasteiger charge is 2.44. The summed E-state index contributed by atoms with van der Waals surface area (Å²) in [6.45, 7) is 6.99. The second kappa shape index (κ2) is 50.8.